The van der Waals surface area contributed by atoms with Crippen molar-refractivity contribution in [1.29, 1.82) is 5.26 Å². The Bertz CT molecular complexity index is 343. The van der Waals surface area contributed by atoms with Crippen LogP contribution in [0, 0.1) is 11.3 Å². The Kier molecular flexibility index (Phi) is 4.58. The van der Waals surface area contributed by atoms with E-state index in [0.29, 0.717) is 12.1 Å². The van der Waals surface area contributed by atoms with Gasteiger partial charge < -0.3 is 11.1 Å². The molecule has 3 N–H and O–H groups in total. The van der Waals surface area contributed by atoms with Gasteiger partial charge in [0.15, 0.2) is 0 Å². The van der Waals surface area contributed by atoms with Crippen LogP contribution in [-0.4, -0.2) is 17.6 Å². The van der Waals surface area contributed by atoms with Crippen molar-refractivity contribution in [2.24, 2.45) is 5.73 Å². The standard InChI is InChI=1S/C11H16N4/c1-2-3-10(7-13)15-11-8-14-5-4-9(11)6-12/h4-5,8,10,15H,2-3,7,13H2,1H3. The lowest BCUT2D eigenvalue weighted by molar-refractivity contribution is 0.648. The molecule has 0 spiro atoms. The van der Waals surface area contributed by atoms with Gasteiger partial charge in [-0.1, -0.05) is 13.3 Å². The lowest BCUT2D eigenvalue weighted by Crippen LogP contribution is -2.28. The van der Waals surface area contributed by atoms with Crippen LogP contribution in [-0.2, 0) is 0 Å². The van der Waals surface area contributed by atoms with Crippen molar-refractivity contribution in [1.82, 2.24) is 4.98 Å². The zero-order valence-electron chi connectivity index (χ0n) is 8.90. The quantitative estimate of drug-likeness (QED) is 0.762. The Hall–Kier alpha value is -1.60. The van der Waals surface area contributed by atoms with E-state index in [2.05, 4.69) is 23.3 Å². The number of nitriles is 1. The maximum Gasteiger partial charge on any atom is 0.101 e. The van der Waals surface area contributed by atoms with Gasteiger partial charge in [-0.3, -0.25) is 4.98 Å². The van der Waals surface area contributed by atoms with Gasteiger partial charge >= 0.3 is 0 Å². The number of anilines is 1. The molecule has 1 rings (SSSR count). The Morgan fingerprint density at radius 2 is 2.47 bits per heavy atom. The first-order valence-electron chi connectivity index (χ1n) is 5.12. The van der Waals surface area contributed by atoms with E-state index in [1.165, 1.54) is 0 Å². The summed E-state index contributed by atoms with van der Waals surface area (Å²) in [5.41, 5.74) is 7.01. The summed E-state index contributed by atoms with van der Waals surface area (Å²) in [5, 5.41) is 12.1. The number of hydrogen-bond donors (Lipinski definition) is 2. The maximum atomic E-state index is 8.88. The number of hydrogen-bond acceptors (Lipinski definition) is 4. The molecule has 1 atom stereocenters. The van der Waals surface area contributed by atoms with Gasteiger partial charge in [0.25, 0.3) is 0 Å². The molecule has 4 nitrogen and oxygen atoms in total. The number of aromatic nitrogens is 1. The zero-order chi connectivity index (χ0) is 11.1. The second-order valence-electron chi connectivity index (χ2n) is 3.40. The second-order valence-corrected chi connectivity index (χ2v) is 3.40. The largest absolute Gasteiger partial charge is 0.379 e. The van der Waals surface area contributed by atoms with E-state index in [1.807, 2.05) is 0 Å². The van der Waals surface area contributed by atoms with Gasteiger partial charge in [-0.2, -0.15) is 5.26 Å². The molecule has 0 aliphatic carbocycles. The van der Waals surface area contributed by atoms with Gasteiger partial charge in [0.2, 0.25) is 0 Å². The topological polar surface area (TPSA) is 74.7 Å². The summed E-state index contributed by atoms with van der Waals surface area (Å²) in [6, 6.07) is 4.03. The fourth-order valence-corrected chi connectivity index (χ4v) is 1.42. The monoisotopic (exact) mass is 204 g/mol. The molecule has 0 saturated heterocycles. The molecular weight excluding hydrogens is 188 g/mol. The van der Waals surface area contributed by atoms with Gasteiger partial charge in [-0.25, -0.2) is 0 Å². The molecule has 0 saturated carbocycles. The van der Waals surface area contributed by atoms with Crippen LogP contribution in [0.4, 0.5) is 5.69 Å². The highest BCUT2D eigenvalue weighted by Gasteiger charge is 2.07. The molecule has 0 radical (unpaired) electrons. The minimum absolute atomic E-state index is 0.214. The van der Waals surface area contributed by atoms with E-state index in [-0.39, 0.29) is 6.04 Å². The van der Waals surface area contributed by atoms with Gasteiger partial charge in [0.05, 0.1) is 17.4 Å². The molecule has 1 heterocycles. The molecule has 1 aromatic rings. The third-order valence-electron chi connectivity index (χ3n) is 2.22. The lowest BCUT2D eigenvalue weighted by Gasteiger charge is -2.17. The van der Waals surface area contributed by atoms with Crippen LogP contribution in [0.2, 0.25) is 0 Å². The fourth-order valence-electron chi connectivity index (χ4n) is 1.42. The minimum Gasteiger partial charge on any atom is -0.379 e. The Balaban J connectivity index is 2.74. The predicted octanol–water partition coefficient (Wildman–Crippen LogP) is 1.49. The normalized spacial score (nSPS) is 11.8. The maximum absolute atomic E-state index is 8.88. The zero-order valence-corrected chi connectivity index (χ0v) is 8.90. The molecule has 0 aromatic carbocycles. The average molecular weight is 204 g/mol. The first-order valence-corrected chi connectivity index (χ1v) is 5.12. The summed E-state index contributed by atoms with van der Waals surface area (Å²) in [5.74, 6) is 0. The van der Waals surface area contributed by atoms with Crippen molar-refractivity contribution in [3.05, 3.63) is 24.0 Å². The van der Waals surface area contributed by atoms with Gasteiger partial charge in [0, 0.05) is 18.8 Å². The van der Waals surface area contributed by atoms with E-state index >= 15 is 0 Å². The van der Waals surface area contributed by atoms with E-state index in [9.17, 15) is 0 Å². The molecule has 0 aliphatic rings. The highest BCUT2D eigenvalue weighted by atomic mass is 14.9. The average Bonchev–Trinajstić information content (AvgIpc) is 2.29. The molecule has 4 heteroatoms. The van der Waals surface area contributed by atoms with Crippen molar-refractivity contribution >= 4 is 5.69 Å². The number of nitrogens with zero attached hydrogens (tertiary/aromatic N) is 2. The third-order valence-corrected chi connectivity index (χ3v) is 2.22. The molecule has 1 unspecified atom stereocenters. The van der Waals surface area contributed by atoms with Crippen molar-refractivity contribution in [2.75, 3.05) is 11.9 Å². The van der Waals surface area contributed by atoms with Gasteiger partial charge in [0.1, 0.15) is 6.07 Å². The summed E-state index contributed by atoms with van der Waals surface area (Å²) in [4.78, 5) is 3.99. The van der Waals surface area contributed by atoms with Gasteiger partial charge in [-0.15, -0.1) is 0 Å². The number of pyridine rings is 1. The lowest BCUT2D eigenvalue weighted by atomic mass is 10.1. The molecule has 0 bridgehead atoms. The van der Waals surface area contributed by atoms with Crippen LogP contribution < -0.4 is 11.1 Å². The predicted molar refractivity (Wildman–Crippen MR) is 60.3 cm³/mol. The number of nitrogens with two attached hydrogens (primary N) is 1. The molecule has 0 fully saturated rings. The van der Waals surface area contributed by atoms with E-state index in [4.69, 9.17) is 11.0 Å². The summed E-state index contributed by atoms with van der Waals surface area (Å²) >= 11 is 0. The Labute approximate surface area is 90.1 Å². The van der Waals surface area contributed by atoms with Crippen LogP contribution in [0.1, 0.15) is 25.3 Å². The first kappa shape index (κ1) is 11.5. The first-order chi connectivity index (χ1) is 7.31. The second kappa shape index (κ2) is 5.99. The fraction of sp³-hybridized carbons (Fsp3) is 0.455. The van der Waals surface area contributed by atoms with Crippen LogP contribution in [0.15, 0.2) is 18.5 Å². The molecule has 1 aromatic heterocycles. The minimum atomic E-state index is 0.214. The summed E-state index contributed by atoms with van der Waals surface area (Å²) in [6.07, 6.45) is 5.34. The van der Waals surface area contributed by atoms with E-state index < -0.39 is 0 Å². The Morgan fingerprint density at radius 3 is 3.07 bits per heavy atom. The van der Waals surface area contributed by atoms with Crippen molar-refractivity contribution in [3.8, 4) is 6.07 Å². The summed E-state index contributed by atoms with van der Waals surface area (Å²) in [6.45, 7) is 2.67. The smallest absolute Gasteiger partial charge is 0.101 e. The highest BCUT2D eigenvalue weighted by Crippen LogP contribution is 2.14. The summed E-state index contributed by atoms with van der Waals surface area (Å²) < 4.78 is 0. The van der Waals surface area contributed by atoms with Crippen molar-refractivity contribution < 1.29 is 0 Å². The van der Waals surface area contributed by atoms with Crippen molar-refractivity contribution in [2.45, 2.75) is 25.8 Å². The molecule has 15 heavy (non-hydrogen) atoms. The molecule has 80 valence electrons. The van der Waals surface area contributed by atoms with Crippen LogP contribution in [0.5, 0.6) is 0 Å². The van der Waals surface area contributed by atoms with Crippen LogP contribution >= 0.6 is 0 Å². The van der Waals surface area contributed by atoms with Crippen molar-refractivity contribution in [3.63, 3.8) is 0 Å². The van der Waals surface area contributed by atoms with Gasteiger partial charge in [-0.05, 0) is 12.5 Å². The molecule has 0 amide bonds. The number of rotatable bonds is 5. The van der Waals surface area contributed by atoms with E-state index in [1.54, 1.807) is 18.5 Å². The summed E-state index contributed by atoms with van der Waals surface area (Å²) in [7, 11) is 0. The molecular formula is C11H16N4. The molecule has 0 aliphatic heterocycles. The third kappa shape index (κ3) is 3.22. The highest BCUT2D eigenvalue weighted by molar-refractivity contribution is 5.55. The van der Waals surface area contributed by atoms with Crippen LogP contribution in [0.25, 0.3) is 0 Å². The Morgan fingerprint density at radius 1 is 1.67 bits per heavy atom. The van der Waals surface area contributed by atoms with Crippen LogP contribution in [0.3, 0.4) is 0 Å². The SMILES string of the molecule is CCCC(CN)Nc1cnccc1C#N. The van der Waals surface area contributed by atoms with E-state index in [0.717, 1.165) is 18.5 Å². The number of nitrogens with one attached hydrogen (secondary N) is 1.